The van der Waals surface area contributed by atoms with Crippen LogP contribution in [0.1, 0.15) is 94.9 Å². The highest BCUT2D eigenvalue weighted by Gasteiger charge is 2.56. The smallest absolute Gasteiger partial charge is 0.311 e. The van der Waals surface area contributed by atoms with Crippen LogP contribution in [-0.4, -0.2) is 153 Å². The van der Waals surface area contributed by atoms with Gasteiger partial charge in [-0.25, -0.2) is 4.39 Å². The molecule has 3 heterocycles. The lowest BCUT2D eigenvalue weighted by atomic mass is 9.73. The van der Waals surface area contributed by atoms with Gasteiger partial charge in [-0.2, -0.15) is 0 Å². The van der Waals surface area contributed by atoms with E-state index in [1.54, 1.807) is 41.8 Å². The van der Waals surface area contributed by atoms with Crippen molar-refractivity contribution in [1.29, 1.82) is 0 Å². The Bertz CT molecular complexity index is 1220. The van der Waals surface area contributed by atoms with Gasteiger partial charge in [0.15, 0.2) is 24.0 Å². The van der Waals surface area contributed by atoms with Crippen molar-refractivity contribution >= 4 is 11.8 Å². The molecule has 3 aliphatic rings. The van der Waals surface area contributed by atoms with E-state index in [1.165, 1.54) is 34.8 Å². The van der Waals surface area contributed by atoms with E-state index < -0.39 is 120 Å². The minimum atomic E-state index is -2.77. The Balaban J connectivity index is 2.22. The molecule has 0 aromatic heterocycles. The highest BCUT2D eigenvalue weighted by Crippen LogP contribution is 2.42. The number of ether oxygens (including phenoxy) is 6. The molecule has 0 aliphatic carbocycles. The summed E-state index contributed by atoms with van der Waals surface area (Å²) in [7, 11) is 5.04. The molecule has 0 radical (unpaired) electrons. The monoisotopic (exact) mass is 751 g/mol. The molecule has 0 spiro atoms. The van der Waals surface area contributed by atoms with Crippen molar-refractivity contribution < 1.29 is 67.9 Å². The largest absolute Gasteiger partial charge is 0.459 e. The number of Topliss-reactive ketones (excluding diaryl/α,β-unsaturated/α-hetero) is 1. The molecule has 3 rings (SSSR count). The van der Waals surface area contributed by atoms with Gasteiger partial charge < -0.3 is 58.9 Å². The number of nitrogens with zero attached hydrogens (tertiary/aromatic N) is 1. The summed E-state index contributed by atoms with van der Waals surface area (Å²) >= 11 is 0. The molecular formula is C37H66FNO13. The fraction of sp³-hybridized carbons (Fsp3) is 0.946. The molecule has 0 bridgehead atoms. The molecule has 0 aromatic rings. The van der Waals surface area contributed by atoms with Crippen molar-refractivity contribution in [3.05, 3.63) is 0 Å². The Morgan fingerprint density at radius 2 is 1.52 bits per heavy atom. The number of halogens is 1. The minimum Gasteiger partial charge on any atom is -0.459 e. The predicted octanol–water partition coefficient (Wildman–Crippen LogP) is 1.88. The summed E-state index contributed by atoms with van der Waals surface area (Å²) in [5.41, 5.74) is -8.26. The van der Waals surface area contributed by atoms with Gasteiger partial charge in [0.05, 0.1) is 47.6 Å². The number of carbonyl (C=O) groups excluding carboxylic acids is 2. The first-order valence-electron chi connectivity index (χ1n) is 18.5. The van der Waals surface area contributed by atoms with E-state index in [-0.39, 0.29) is 18.9 Å². The van der Waals surface area contributed by atoms with Gasteiger partial charge in [0.2, 0.25) is 0 Å². The Morgan fingerprint density at radius 1 is 0.923 bits per heavy atom. The summed E-state index contributed by atoms with van der Waals surface area (Å²) in [5.74, 6) is -5.61. The molecule has 14 nitrogen and oxygen atoms in total. The average molecular weight is 752 g/mol. The molecule has 15 heteroatoms. The van der Waals surface area contributed by atoms with E-state index in [0.29, 0.717) is 6.42 Å². The molecule has 0 aromatic carbocycles. The first kappa shape index (κ1) is 45.0. The van der Waals surface area contributed by atoms with Crippen LogP contribution in [0.2, 0.25) is 0 Å². The number of ketones is 1. The number of methoxy groups -OCH3 is 1. The first-order chi connectivity index (χ1) is 23.7. The van der Waals surface area contributed by atoms with Gasteiger partial charge in [-0.3, -0.25) is 9.59 Å². The molecule has 304 valence electrons. The van der Waals surface area contributed by atoms with Gasteiger partial charge in [-0.1, -0.05) is 20.8 Å². The maximum atomic E-state index is 16.8. The number of alkyl halides is 1. The number of hydrogen-bond donors (Lipinski definition) is 5. The molecule has 3 aliphatic heterocycles. The van der Waals surface area contributed by atoms with Crippen LogP contribution in [0.15, 0.2) is 0 Å². The van der Waals surface area contributed by atoms with Crippen LogP contribution in [0, 0.1) is 17.8 Å². The standard InChI is InChI=1S/C37H66FNO13/c1-14-24-37(10,46)29(42)21(5)28(41)34(7,38)17-35(8,45)31(52-33-26(40)23(39(11)12)15-18(2)48-33)19(3)27(20(4)32(44)50-24)51-25-16-36(9,47-13)30(43)22(6)49-25/h18-27,29-31,33,40,42-43,45-46H,14-17H2,1-13H3/t18-,19+,20-,21+,22+,23+,24?,25+,26-,27+,29-,30+,31?,33+,34+,35-,36-,37-/m1/s1. The molecule has 5 N–H and O–H groups in total. The SMILES string of the molecule is CCC1OC(=O)[C@H](C)[C@@H](O[C@H]2C[C@@](C)(OC)[C@@H](O)[C@H](C)O2)[C@H](C)C(O[C@@H]2O[C@H](C)C[C@H](N(C)C)[C@H]2O)[C@](C)(O)C[C@](C)(F)C(=O)[C@H](C)[C@@H](O)[C@]1(C)O. The second-order valence-corrected chi connectivity index (χ2v) is 16.7. The van der Waals surface area contributed by atoms with E-state index in [0.717, 1.165) is 6.92 Å². The maximum Gasteiger partial charge on any atom is 0.311 e. The zero-order valence-corrected chi connectivity index (χ0v) is 33.2. The van der Waals surface area contributed by atoms with E-state index in [1.807, 2.05) is 11.8 Å². The van der Waals surface area contributed by atoms with Gasteiger partial charge in [0.25, 0.3) is 0 Å². The van der Waals surface area contributed by atoms with Crippen molar-refractivity contribution in [2.45, 2.75) is 185 Å². The average Bonchev–Trinajstić information content (AvgIpc) is 3.05. The number of likely N-dealkylation sites (N-methyl/N-ethyl adjacent to an activating group) is 1. The summed E-state index contributed by atoms with van der Waals surface area (Å²) in [6, 6.07) is -0.405. The number of aliphatic hydroxyl groups is 5. The van der Waals surface area contributed by atoms with Crippen molar-refractivity contribution in [1.82, 2.24) is 4.90 Å². The third kappa shape index (κ3) is 9.35. The van der Waals surface area contributed by atoms with Crippen LogP contribution < -0.4 is 0 Å². The lowest BCUT2D eigenvalue weighted by Crippen LogP contribution is -2.62. The summed E-state index contributed by atoms with van der Waals surface area (Å²) in [4.78, 5) is 29.6. The van der Waals surface area contributed by atoms with Gasteiger partial charge in [0, 0.05) is 37.8 Å². The van der Waals surface area contributed by atoms with Crippen molar-refractivity contribution in [3.8, 4) is 0 Å². The zero-order chi connectivity index (χ0) is 39.9. The molecule has 0 amide bonds. The van der Waals surface area contributed by atoms with Crippen LogP contribution in [0.3, 0.4) is 0 Å². The highest BCUT2D eigenvalue weighted by atomic mass is 19.1. The fourth-order valence-corrected chi connectivity index (χ4v) is 8.45. The lowest BCUT2D eigenvalue weighted by Gasteiger charge is -2.49. The third-order valence-corrected chi connectivity index (χ3v) is 11.8. The minimum absolute atomic E-state index is 0.0296. The number of cyclic esters (lactones) is 1. The Morgan fingerprint density at radius 3 is 2.06 bits per heavy atom. The number of rotatable bonds is 7. The quantitative estimate of drug-likeness (QED) is 0.237. The second-order valence-electron chi connectivity index (χ2n) is 16.7. The third-order valence-electron chi connectivity index (χ3n) is 11.8. The van der Waals surface area contributed by atoms with E-state index in [2.05, 4.69) is 0 Å². The van der Waals surface area contributed by atoms with Crippen molar-refractivity contribution in [3.63, 3.8) is 0 Å². The molecule has 0 saturated carbocycles. The van der Waals surface area contributed by atoms with Crippen LogP contribution in [0.25, 0.3) is 0 Å². The molecular weight excluding hydrogens is 685 g/mol. The zero-order valence-electron chi connectivity index (χ0n) is 33.2. The summed E-state index contributed by atoms with van der Waals surface area (Å²) < 4.78 is 53.4. The lowest BCUT2D eigenvalue weighted by molar-refractivity contribution is -0.318. The summed E-state index contributed by atoms with van der Waals surface area (Å²) in [6.45, 7) is 14.7. The van der Waals surface area contributed by atoms with Gasteiger partial charge in [-0.15, -0.1) is 0 Å². The van der Waals surface area contributed by atoms with Gasteiger partial charge >= 0.3 is 5.97 Å². The van der Waals surface area contributed by atoms with Gasteiger partial charge in [-0.05, 0) is 75.4 Å². The Labute approximate surface area is 308 Å². The molecule has 3 saturated heterocycles. The van der Waals surface area contributed by atoms with Gasteiger partial charge in [0.1, 0.15) is 23.9 Å². The predicted molar refractivity (Wildman–Crippen MR) is 187 cm³/mol. The van der Waals surface area contributed by atoms with Crippen molar-refractivity contribution in [2.75, 3.05) is 21.2 Å². The number of esters is 1. The van der Waals surface area contributed by atoms with E-state index >= 15 is 4.39 Å². The highest BCUT2D eigenvalue weighted by molar-refractivity contribution is 5.89. The fourth-order valence-electron chi connectivity index (χ4n) is 8.45. The normalized spacial score (nSPS) is 50.5. The molecule has 3 fully saturated rings. The molecule has 52 heavy (non-hydrogen) atoms. The van der Waals surface area contributed by atoms with Crippen LogP contribution >= 0.6 is 0 Å². The Hall–Kier alpha value is -1.37. The van der Waals surface area contributed by atoms with E-state index in [9.17, 15) is 35.1 Å². The number of aliphatic hydroxyl groups excluding tert-OH is 3. The topological polar surface area (TPSA) is 194 Å². The van der Waals surface area contributed by atoms with Crippen LogP contribution in [-0.2, 0) is 38.0 Å². The van der Waals surface area contributed by atoms with Crippen molar-refractivity contribution in [2.24, 2.45) is 17.8 Å². The number of carbonyl (C=O) groups is 2. The van der Waals surface area contributed by atoms with E-state index in [4.69, 9.17) is 28.4 Å². The first-order valence-corrected chi connectivity index (χ1v) is 18.5. The summed E-state index contributed by atoms with van der Waals surface area (Å²) in [6.07, 6.45) is -11.9. The van der Waals surface area contributed by atoms with Crippen LogP contribution in [0.5, 0.6) is 0 Å². The second kappa shape index (κ2) is 16.8. The molecule has 2 unspecified atom stereocenters. The maximum absolute atomic E-state index is 16.8. The molecule has 18 atom stereocenters. The Kier molecular flexibility index (Phi) is 14.5. The summed E-state index contributed by atoms with van der Waals surface area (Å²) in [5, 5.41) is 57.4. The van der Waals surface area contributed by atoms with Crippen LogP contribution in [0.4, 0.5) is 4.39 Å². The number of hydrogen-bond acceptors (Lipinski definition) is 14.